The molecule has 1 unspecified atom stereocenters. The number of anilines is 1. The lowest BCUT2D eigenvalue weighted by atomic mass is 10.1. The molecule has 0 radical (unpaired) electrons. The highest BCUT2D eigenvalue weighted by atomic mass is 16.5. The van der Waals surface area contributed by atoms with Crippen molar-refractivity contribution in [1.82, 2.24) is 9.97 Å². The van der Waals surface area contributed by atoms with Gasteiger partial charge in [0.25, 0.3) is 0 Å². The van der Waals surface area contributed by atoms with Gasteiger partial charge in [-0.2, -0.15) is 4.98 Å². The van der Waals surface area contributed by atoms with E-state index in [1.807, 2.05) is 13.8 Å². The predicted molar refractivity (Wildman–Crippen MR) is 69.1 cm³/mol. The van der Waals surface area contributed by atoms with Crippen LogP contribution in [0.1, 0.15) is 27.7 Å². The predicted octanol–water partition coefficient (Wildman–Crippen LogP) is 1.66. The van der Waals surface area contributed by atoms with Crippen molar-refractivity contribution in [1.29, 1.82) is 0 Å². The normalized spacial score (nSPS) is 12.9. The standard InChI is InChI=1S/C12H22N4O/c1-8(2)10(13)5-15-11-6-14-7-12(16-11)17-9(3)4/h6-10H,5,13H2,1-4H3,(H,15,16). The Hall–Kier alpha value is -1.36. The molecule has 1 atom stereocenters. The third kappa shape index (κ3) is 4.99. The lowest BCUT2D eigenvalue weighted by Crippen LogP contribution is -2.34. The summed E-state index contributed by atoms with van der Waals surface area (Å²) in [6, 6.07) is 0.103. The molecule has 0 bridgehead atoms. The van der Waals surface area contributed by atoms with Gasteiger partial charge in [-0.1, -0.05) is 13.8 Å². The number of nitrogens with two attached hydrogens (primary N) is 1. The SMILES string of the molecule is CC(C)Oc1cncc(NCC(N)C(C)C)n1. The zero-order valence-corrected chi connectivity index (χ0v) is 11.0. The molecular weight excluding hydrogens is 216 g/mol. The van der Waals surface area contributed by atoms with E-state index >= 15 is 0 Å². The first-order chi connectivity index (χ1) is 7.99. The molecule has 0 aliphatic heterocycles. The minimum absolute atomic E-state index is 0.0949. The second-order valence-corrected chi connectivity index (χ2v) is 4.70. The van der Waals surface area contributed by atoms with Crippen LogP contribution in [-0.4, -0.2) is 28.7 Å². The Morgan fingerprint density at radius 1 is 1.29 bits per heavy atom. The molecule has 17 heavy (non-hydrogen) atoms. The van der Waals surface area contributed by atoms with E-state index < -0.39 is 0 Å². The van der Waals surface area contributed by atoms with Gasteiger partial charge in [-0.3, -0.25) is 4.98 Å². The fourth-order valence-electron chi connectivity index (χ4n) is 1.19. The van der Waals surface area contributed by atoms with Crippen LogP contribution in [0.2, 0.25) is 0 Å². The summed E-state index contributed by atoms with van der Waals surface area (Å²) in [6.45, 7) is 8.77. The highest BCUT2D eigenvalue weighted by Crippen LogP contribution is 2.11. The quantitative estimate of drug-likeness (QED) is 0.788. The number of hydrogen-bond acceptors (Lipinski definition) is 5. The Balaban J connectivity index is 2.54. The molecular formula is C12H22N4O. The van der Waals surface area contributed by atoms with Crippen molar-refractivity contribution in [2.45, 2.75) is 39.8 Å². The molecule has 1 rings (SSSR count). The topological polar surface area (TPSA) is 73.1 Å². The molecule has 0 amide bonds. The number of ether oxygens (including phenoxy) is 1. The van der Waals surface area contributed by atoms with E-state index in [9.17, 15) is 0 Å². The summed E-state index contributed by atoms with van der Waals surface area (Å²) >= 11 is 0. The highest BCUT2D eigenvalue weighted by molar-refractivity contribution is 5.33. The molecule has 1 aromatic rings. The van der Waals surface area contributed by atoms with Gasteiger partial charge < -0.3 is 15.8 Å². The van der Waals surface area contributed by atoms with Crippen LogP contribution >= 0.6 is 0 Å². The molecule has 96 valence electrons. The Labute approximate surface area is 103 Å². The Kier molecular flexibility index (Phi) is 5.15. The van der Waals surface area contributed by atoms with Crippen molar-refractivity contribution in [2.24, 2.45) is 11.7 Å². The van der Waals surface area contributed by atoms with Gasteiger partial charge in [0.2, 0.25) is 5.88 Å². The van der Waals surface area contributed by atoms with Gasteiger partial charge in [0.1, 0.15) is 5.82 Å². The molecule has 0 aliphatic carbocycles. The van der Waals surface area contributed by atoms with E-state index in [4.69, 9.17) is 10.5 Å². The van der Waals surface area contributed by atoms with Crippen LogP contribution in [0.3, 0.4) is 0 Å². The maximum atomic E-state index is 5.94. The van der Waals surface area contributed by atoms with Gasteiger partial charge in [-0.15, -0.1) is 0 Å². The van der Waals surface area contributed by atoms with Crippen LogP contribution in [0.4, 0.5) is 5.82 Å². The van der Waals surface area contributed by atoms with Crippen molar-refractivity contribution < 1.29 is 4.74 Å². The van der Waals surface area contributed by atoms with Gasteiger partial charge in [0.15, 0.2) is 0 Å². The van der Waals surface area contributed by atoms with Crippen LogP contribution in [0.5, 0.6) is 5.88 Å². The molecule has 3 N–H and O–H groups in total. The monoisotopic (exact) mass is 238 g/mol. The molecule has 0 saturated carbocycles. The summed E-state index contributed by atoms with van der Waals surface area (Å²) in [5.41, 5.74) is 5.94. The van der Waals surface area contributed by atoms with E-state index in [1.165, 1.54) is 0 Å². The first-order valence-corrected chi connectivity index (χ1v) is 5.97. The summed E-state index contributed by atoms with van der Waals surface area (Å²) in [5.74, 6) is 1.66. The summed E-state index contributed by atoms with van der Waals surface area (Å²) in [4.78, 5) is 8.36. The molecule has 0 saturated heterocycles. The van der Waals surface area contributed by atoms with Crippen molar-refractivity contribution in [3.63, 3.8) is 0 Å². The number of hydrogen-bond donors (Lipinski definition) is 2. The zero-order valence-electron chi connectivity index (χ0n) is 11.0. The zero-order chi connectivity index (χ0) is 12.8. The van der Waals surface area contributed by atoms with E-state index in [0.717, 1.165) is 0 Å². The molecule has 1 heterocycles. The van der Waals surface area contributed by atoms with Gasteiger partial charge in [-0.25, -0.2) is 0 Å². The molecule has 1 aromatic heterocycles. The number of aromatic nitrogens is 2. The van der Waals surface area contributed by atoms with Crippen LogP contribution in [0, 0.1) is 5.92 Å². The first-order valence-electron chi connectivity index (χ1n) is 5.97. The Morgan fingerprint density at radius 2 is 2.00 bits per heavy atom. The molecule has 0 fully saturated rings. The third-order valence-corrected chi connectivity index (χ3v) is 2.34. The van der Waals surface area contributed by atoms with Crippen LogP contribution in [0.15, 0.2) is 12.4 Å². The van der Waals surface area contributed by atoms with Crippen molar-refractivity contribution in [3.05, 3.63) is 12.4 Å². The van der Waals surface area contributed by atoms with Crippen LogP contribution < -0.4 is 15.8 Å². The smallest absolute Gasteiger partial charge is 0.234 e. The van der Waals surface area contributed by atoms with Gasteiger partial charge in [0.05, 0.1) is 18.5 Å². The summed E-state index contributed by atoms with van der Waals surface area (Å²) in [7, 11) is 0. The minimum Gasteiger partial charge on any atom is -0.474 e. The number of nitrogens with one attached hydrogen (secondary N) is 1. The number of rotatable bonds is 6. The fraction of sp³-hybridized carbons (Fsp3) is 0.667. The van der Waals surface area contributed by atoms with Gasteiger partial charge in [-0.05, 0) is 19.8 Å². The van der Waals surface area contributed by atoms with Gasteiger partial charge in [0, 0.05) is 12.6 Å². The Morgan fingerprint density at radius 3 is 2.59 bits per heavy atom. The summed E-state index contributed by atoms with van der Waals surface area (Å²) in [5, 5.41) is 3.16. The maximum absolute atomic E-state index is 5.94. The lowest BCUT2D eigenvalue weighted by Gasteiger charge is -2.16. The van der Waals surface area contributed by atoms with Crippen molar-refractivity contribution in [3.8, 4) is 5.88 Å². The average molecular weight is 238 g/mol. The van der Waals surface area contributed by atoms with Crippen molar-refractivity contribution in [2.75, 3.05) is 11.9 Å². The van der Waals surface area contributed by atoms with Crippen LogP contribution in [-0.2, 0) is 0 Å². The Bertz CT molecular complexity index is 341. The molecule has 0 aromatic carbocycles. The third-order valence-electron chi connectivity index (χ3n) is 2.34. The lowest BCUT2D eigenvalue weighted by molar-refractivity contribution is 0.232. The van der Waals surface area contributed by atoms with E-state index in [1.54, 1.807) is 12.4 Å². The molecule has 0 aliphatic rings. The molecule has 5 nitrogen and oxygen atoms in total. The van der Waals surface area contributed by atoms with E-state index in [-0.39, 0.29) is 12.1 Å². The number of nitrogens with zero attached hydrogens (tertiary/aromatic N) is 2. The van der Waals surface area contributed by atoms with E-state index in [0.29, 0.717) is 24.2 Å². The van der Waals surface area contributed by atoms with Crippen LogP contribution in [0.25, 0.3) is 0 Å². The largest absolute Gasteiger partial charge is 0.474 e. The fourth-order valence-corrected chi connectivity index (χ4v) is 1.19. The average Bonchev–Trinajstić information content (AvgIpc) is 2.25. The second-order valence-electron chi connectivity index (χ2n) is 4.70. The maximum Gasteiger partial charge on any atom is 0.234 e. The van der Waals surface area contributed by atoms with Crippen molar-refractivity contribution >= 4 is 5.82 Å². The minimum atomic E-state index is 0.0949. The van der Waals surface area contributed by atoms with E-state index in [2.05, 4.69) is 29.1 Å². The summed E-state index contributed by atoms with van der Waals surface area (Å²) in [6.07, 6.45) is 3.37. The second kappa shape index (κ2) is 6.39. The molecule has 5 heteroatoms. The first kappa shape index (κ1) is 13.7. The highest BCUT2D eigenvalue weighted by Gasteiger charge is 2.08. The summed E-state index contributed by atoms with van der Waals surface area (Å²) < 4.78 is 5.46. The van der Waals surface area contributed by atoms with Gasteiger partial charge >= 0.3 is 0 Å². The molecule has 0 spiro atoms.